The van der Waals surface area contributed by atoms with Gasteiger partial charge in [-0.15, -0.1) is 0 Å². The molecule has 0 amide bonds. The van der Waals surface area contributed by atoms with Crippen molar-refractivity contribution >= 4 is 11.6 Å². The van der Waals surface area contributed by atoms with Crippen LogP contribution in [0.5, 0.6) is 0 Å². The molecule has 0 bridgehead atoms. The summed E-state index contributed by atoms with van der Waals surface area (Å²) < 4.78 is 0. The van der Waals surface area contributed by atoms with Gasteiger partial charge in [-0.1, -0.05) is 0 Å². The van der Waals surface area contributed by atoms with Crippen LogP contribution in [-0.4, -0.2) is 41.5 Å². The average molecular weight is 209 g/mol. The van der Waals surface area contributed by atoms with Crippen molar-refractivity contribution in [2.45, 2.75) is 13.3 Å². The number of nitrogens with two attached hydrogens (primary N) is 1. The minimum atomic E-state index is 0.638. The van der Waals surface area contributed by atoms with E-state index in [0.29, 0.717) is 11.7 Å². The minimum Gasteiger partial charge on any atom is -0.382 e. The average Bonchev–Trinajstić information content (AvgIpc) is 2.70. The van der Waals surface area contributed by atoms with Crippen LogP contribution < -0.4 is 11.1 Å². The molecule has 84 valence electrons. The summed E-state index contributed by atoms with van der Waals surface area (Å²) in [5, 5.41) is 3.30. The molecule has 1 aromatic rings. The Labute approximate surface area is 90.1 Å². The van der Waals surface area contributed by atoms with Gasteiger partial charge in [0.15, 0.2) is 5.82 Å². The van der Waals surface area contributed by atoms with Crippen molar-refractivity contribution in [2.24, 2.45) is 5.92 Å². The summed E-state index contributed by atoms with van der Waals surface area (Å²) in [5.74, 6) is 3.01. The van der Waals surface area contributed by atoms with E-state index in [1.54, 1.807) is 0 Å². The van der Waals surface area contributed by atoms with E-state index in [9.17, 15) is 0 Å². The molecule has 2 rings (SSSR count). The van der Waals surface area contributed by atoms with E-state index in [0.717, 1.165) is 24.7 Å². The van der Waals surface area contributed by atoms with Crippen LogP contribution >= 0.6 is 0 Å². The molecule has 15 heavy (non-hydrogen) atoms. The smallest absolute Gasteiger partial charge is 0.168 e. The number of imidazole rings is 1. The quantitative estimate of drug-likeness (QED) is 0.684. The van der Waals surface area contributed by atoms with Gasteiger partial charge in [-0.2, -0.15) is 0 Å². The fraction of sp³-hybridized carbons (Fsp3) is 0.700. The molecule has 1 saturated heterocycles. The highest BCUT2D eigenvalue weighted by molar-refractivity contribution is 5.56. The lowest BCUT2D eigenvalue weighted by Crippen LogP contribution is -2.19. The van der Waals surface area contributed by atoms with E-state index in [4.69, 9.17) is 5.73 Å². The van der Waals surface area contributed by atoms with Crippen LogP contribution in [0.2, 0.25) is 0 Å². The summed E-state index contributed by atoms with van der Waals surface area (Å²) in [5.41, 5.74) is 5.76. The van der Waals surface area contributed by atoms with E-state index in [1.165, 1.54) is 13.0 Å². The molecule has 1 atom stereocenters. The van der Waals surface area contributed by atoms with E-state index in [-0.39, 0.29) is 0 Å². The Kier molecular flexibility index (Phi) is 2.81. The van der Waals surface area contributed by atoms with E-state index >= 15 is 0 Å². The molecule has 5 nitrogen and oxygen atoms in total. The first-order valence-electron chi connectivity index (χ1n) is 5.39. The number of H-pyrrole nitrogens is 1. The standard InChI is InChI=1S/C10H19N5/c1-7-13-9(11)10(14-7)12-5-8-3-4-15(2)6-8/h8,12H,3-6,11H2,1-2H3,(H,13,14). The monoisotopic (exact) mass is 209 g/mol. The number of nitrogen functional groups attached to an aromatic ring is 1. The molecule has 0 spiro atoms. The van der Waals surface area contributed by atoms with E-state index in [1.807, 2.05) is 6.92 Å². The van der Waals surface area contributed by atoms with Gasteiger partial charge in [0.2, 0.25) is 0 Å². The number of hydrogen-bond acceptors (Lipinski definition) is 4. The highest BCUT2D eigenvalue weighted by Gasteiger charge is 2.19. The molecular formula is C10H19N5. The van der Waals surface area contributed by atoms with E-state index in [2.05, 4.69) is 27.2 Å². The molecule has 4 N–H and O–H groups in total. The van der Waals surface area contributed by atoms with Crippen molar-refractivity contribution in [3.8, 4) is 0 Å². The zero-order valence-electron chi connectivity index (χ0n) is 9.38. The summed E-state index contributed by atoms with van der Waals surface area (Å²) in [6.07, 6.45) is 1.26. The second-order valence-corrected chi connectivity index (χ2v) is 4.38. The first-order chi connectivity index (χ1) is 7.15. The normalized spacial score (nSPS) is 22.1. The summed E-state index contributed by atoms with van der Waals surface area (Å²) in [6.45, 7) is 5.22. The molecule has 0 radical (unpaired) electrons. The Bertz CT molecular complexity index is 333. The largest absolute Gasteiger partial charge is 0.382 e. The van der Waals surface area contributed by atoms with E-state index < -0.39 is 0 Å². The zero-order valence-corrected chi connectivity index (χ0v) is 9.38. The fourth-order valence-electron chi connectivity index (χ4n) is 2.08. The van der Waals surface area contributed by atoms with Crippen LogP contribution in [0.15, 0.2) is 0 Å². The van der Waals surface area contributed by atoms with Gasteiger partial charge in [0.25, 0.3) is 0 Å². The Morgan fingerprint density at radius 3 is 3.00 bits per heavy atom. The fourth-order valence-corrected chi connectivity index (χ4v) is 2.08. The van der Waals surface area contributed by atoms with Gasteiger partial charge >= 0.3 is 0 Å². The maximum absolute atomic E-state index is 5.76. The Morgan fingerprint density at radius 1 is 1.67 bits per heavy atom. The van der Waals surface area contributed by atoms with Gasteiger partial charge in [0, 0.05) is 13.1 Å². The van der Waals surface area contributed by atoms with Gasteiger partial charge in [-0.05, 0) is 32.9 Å². The molecule has 0 aliphatic carbocycles. The molecule has 1 fully saturated rings. The number of aryl methyl sites for hydroxylation is 1. The number of rotatable bonds is 3. The van der Waals surface area contributed by atoms with Crippen LogP contribution in [0.3, 0.4) is 0 Å². The molecule has 0 saturated carbocycles. The maximum atomic E-state index is 5.76. The number of nitrogens with zero attached hydrogens (tertiary/aromatic N) is 2. The van der Waals surface area contributed by atoms with Crippen LogP contribution in [0, 0.1) is 12.8 Å². The summed E-state index contributed by atoms with van der Waals surface area (Å²) in [4.78, 5) is 9.62. The van der Waals surface area contributed by atoms with Crippen molar-refractivity contribution < 1.29 is 0 Å². The Balaban J connectivity index is 1.85. The van der Waals surface area contributed by atoms with Crippen molar-refractivity contribution in [2.75, 3.05) is 37.7 Å². The van der Waals surface area contributed by atoms with Crippen LogP contribution in [0.1, 0.15) is 12.2 Å². The first-order valence-corrected chi connectivity index (χ1v) is 5.39. The van der Waals surface area contributed by atoms with Crippen molar-refractivity contribution in [1.29, 1.82) is 0 Å². The molecule has 5 heteroatoms. The number of nitrogens with one attached hydrogen (secondary N) is 2. The van der Waals surface area contributed by atoms with Crippen molar-refractivity contribution in [3.05, 3.63) is 5.82 Å². The first kappa shape index (κ1) is 10.3. The van der Waals surface area contributed by atoms with Gasteiger partial charge in [0.1, 0.15) is 11.6 Å². The third-order valence-corrected chi connectivity index (χ3v) is 2.90. The zero-order chi connectivity index (χ0) is 10.8. The lowest BCUT2D eigenvalue weighted by atomic mass is 10.1. The molecule has 1 aliphatic heterocycles. The number of aromatic amines is 1. The highest BCUT2D eigenvalue weighted by atomic mass is 15.1. The van der Waals surface area contributed by atoms with Gasteiger partial charge in [-0.3, -0.25) is 0 Å². The van der Waals surface area contributed by atoms with Gasteiger partial charge in [0.05, 0.1) is 0 Å². The van der Waals surface area contributed by atoms with Gasteiger partial charge in [-0.25, -0.2) is 4.98 Å². The summed E-state index contributed by atoms with van der Waals surface area (Å²) >= 11 is 0. The SMILES string of the molecule is Cc1nc(NCC2CCN(C)C2)c(N)[nH]1. The second kappa shape index (κ2) is 4.10. The maximum Gasteiger partial charge on any atom is 0.168 e. The number of likely N-dealkylation sites (tertiary alicyclic amines) is 1. The third-order valence-electron chi connectivity index (χ3n) is 2.90. The minimum absolute atomic E-state index is 0.638. The van der Waals surface area contributed by atoms with Crippen LogP contribution in [0.4, 0.5) is 11.6 Å². The lowest BCUT2D eigenvalue weighted by molar-refractivity contribution is 0.399. The van der Waals surface area contributed by atoms with Crippen molar-refractivity contribution in [3.63, 3.8) is 0 Å². The number of anilines is 2. The predicted molar refractivity (Wildman–Crippen MR) is 61.8 cm³/mol. The number of aromatic nitrogens is 2. The topological polar surface area (TPSA) is 70.0 Å². The second-order valence-electron chi connectivity index (χ2n) is 4.38. The Hall–Kier alpha value is -1.23. The number of hydrogen-bond donors (Lipinski definition) is 3. The van der Waals surface area contributed by atoms with Gasteiger partial charge < -0.3 is 20.9 Å². The molecule has 2 heterocycles. The predicted octanol–water partition coefficient (Wildman–Crippen LogP) is 0.664. The van der Waals surface area contributed by atoms with Crippen molar-refractivity contribution in [1.82, 2.24) is 14.9 Å². The molecule has 1 aliphatic rings. The Morgan fingerprint density at radius 2 is 2.47 bits per heavy atom. The molecule has 1 aromatic heterocycles. The molecule has 0 aromatic carbocycles. The summed E-state index contributed by atoms with van der Waals surface area (Å²) in [6, 6.07) is 0. The lowest BCUT2D eigenvalue weighted by Gasteiger charge is -2.11. The summed E-state index contributed by atoms with van der Waals surface area (Å²) in [7, 11) is 2.16. The molecular weight excluding hydrogens is 190 g/mol. The van der Waals surface area contributed by atoms with Crippen LogP contribution in [-0.2, 0) is 0 Å². The highest BCUT2D eigenvalue weighted by Crippen LogP contribution is 2.18. The molecule has 1 unspecified atom stereocenters. The third kappa shape index (κ3) is 2.41. The van der Waals surface area contributed by atoms with Crippen LogP contribution in [0.25, 0.3) is 0 Å².